The lowest BCUT2D eigenvalue weighted by molar-refractivity contribution is -0.581. The molecule has 84 valence electrons. The first-order valence-corrected chi connectivity index (χ1v) is 4.25. The first-order chi connectivity index (χ1) is 7.60. The van der Waals surface area contributed by atoms with Gasteiger partial charge in [-0.1, -0.05) is 6.26 Å². The summed E-state index contributed by atoms with van der Waals surface area (Å²) in [6.07, 6.45) is 2.91. The summed E-state index contributed by atoms with van der Waals surface area (Å²) >= 11 is 0. The van der Waals surface area contributed by atoms with E-state index in [2.05, 4.69) is 0 Å². The molecule has 1 aromatic heterocycles. The van der Waals surface area contributed by atoms with Gasteiger partial charge in [-0.2, -0.15) is 4.57 Å². The van der Waals surface area contributed by atoms with Crippen LogP contribution in [0.3, 0.4) is 0 Å². The highest BCUT2D eigenvalue weighted by Crippen LogP contribution is 2.05. The van der Waals surface area contributed by atoms with E-state index < -0.39 is 17.4 Å². The second-order valence-corrected chi connectivity index (χ2v) is 2.79. The van der Waals surface area contributed by atoms with Gasteiger partial charge in [-0.05, 0) is 6.07 Å². The highest BCUT2D eigenvalue weighted by Gasteiger charge is 2.24. The largest absolute Gasteiger partial charge is 0.873 e. The minimum Gasteiger partial charge on any atom is -0.873 e. The van der Waals surface area contributed by atoms with Gasteiger partial charge in [-0.25, -0.2) is 4.79 Å². The second-order valence-electron chi connectivity index (χ2n) is 2.79. The fraction of sp³-hybridized carbons (Fsp3) is 0.100. The number of carbonyl (C=O) groups excluding carboxylic acids is 1. The van der Waals surface area contributed by atoms with Crippen molar-refractivity contribution in [2.24, 2.45) is 0 Å². The summed E-state index contributed by atoms with van der Waals surface area (Å²) in [7, 11) is 1.42. The standard InChI is InChI=1S/C10H9NO5/c1-16-7-3-2-4-11(5-7)8(6-12)9(13)10(14)15/h2-6H,1H3,(H-,12,13,14,15). The SMILES string of the molecule is COc1ccc[n+](/C(=C\[O-])C(=O)C(=O)O)c1. The zero-order valence-electron chi connectivity index (χ0n) is 8.41. The van der Waals surface area contributed by atoms with Crippen molar-refractivity contribution in [1.29, 1.82) is 0 Å². The average Bonchev–Trinajstić information content (AvgIpc) is 2.30. The molecule has 0 bridgehead atoms. The van der Waals surface area contributed by atoms with E-state index in [0.717, 1.165) is 4.57 Å². The maximum absolute atomic E-state index is 11.1. The number of methoxy groups -OCH3 is 1. The Morgan fingerprint density at radius 2 is 2.25 bits per heavy atom. The molecule has 1 rings (SSSR count). The van der Waals surface area contributed by atoms with E-state index in [4.69, 9.17) is 9.84 Å². The van der Waals surface area contributed by atoms with E-state index in [1.165, 1.54) is 25.6 Å². The molecule has 0 aliphatic rings. The Morgan fingerprint density at radius 1 is 1.56 bits per heavy atom. The van der Waals surface area contributed by atoms with Crippen molar-refractivity contribution < 1.29 is 29.1 Å². The molecule has 1 N–H and O–H groups in total. The monoisotopic (exact) mass is 223 g/mol. The number of ketones is 1. The van der Waals surface area contributed by atoms with Gasteiger partial charge >= 0.3 is 11.8 Å². The molecule has 1 aromatic rings. The first kappa shape index (κ1) is 11.7. The summed E-state index contributed by atoms with van der Waals surface area (Å²) in [6.45, 7) is 0. The van der Waals surface area contributed by atoms with Gasteiger partial charge in [0.05, 0.1) is 7.11 Å². The summed E-state index contributed by atoms with van der Waals surface area (Å²) in [5, 5.41) is 19.2. The number of carbonyl (C=O) groups is 2. The van der Waals surface area contributed by atoms with Gasteiger partial charge in [0.25, 0.3) is 5.70 Å². The van der Waals surface area contributed by atoms with Crippen LogP contribution in [0.4, 0.5) is 0 Å². The number of carboxylic acid groups (broad SMARTS) is 1. The maximum Gasteiger partial charge on any atom is 0.383 e. The number of carboxylic acids is 1. The number of ether oxygens (including phenoxy) is 1. The van der Waals surface area contributed by atoms with Crippen molar-refractivity contribution in [2.45, 2.75) is 0 Å². The van der Waals surface area contributed by atoms with Gasteiger partial charge in [0.2, 0.25) is 6.20 Å². The summed E-state index contributed by atoms with van der Waals surface area (Å²) < 4.78 is 5.98. The van der Waals surface area contributed by atoms with E-state index in [1.54, 1.807) is 6.07 Å². The molecule has 0 aromatic carbocycles. The molecule has 0 saturated carbocycles. The third kappa shape index (κ3) is 2.35. The number of pyridine rings is 1. The van der Waals surface area contributed by atoms with Crippen molar-refractivity contribution >= 4 is 17.4 Å². The zero-order chi connectivity index (χ0) is 12.1. The summed E-state index contributed by atoms with van der Waals surface area (Å²) in [5.41, 5.74) is -0.480. The van der Waals surface area contributed by atoms with Crippen LogP contribution in [-0.4, -0.2) is 24.0 Å². The number of hydrogen-bond donors (Lipinski definition) is 1. The maximum atomic E-state index is 11.1. The second kappa shape index (κ2) is 4.92. The Kier molecular flexibility index (Phi) is 3.60. The molecule has 0 spiro atoms. The Hall–Kier alpha value is -2.37. The first-order valence-electron chi connectivity index (χ1n) is 4.25. The van der Waals surface area contributed by atoms with E-state index in [-0.39, 0.29) is 6.26 Å². The van der Waals surface area contributed by atoms with Gasteiger partial charge in [0.15, 0.2) is 11.9 Å². The molecular weight excluding hydrogens is 214 g/mol. The molecule has 0 unspecified atom stereocenters. The molecule has 16 heavy (non-hydrogen) atoms. The lowest BCUT2D eigenvalue weighted by Crippen LogP contribution is -2.39. The molecule has 0 fully saturated rings. The van der Waals surface area contributed by atoms with Crippen LogP contribution in [0.1, 0.15) is 0 Å². The van der Waals surface area contributed by atoms with E-state index in [1.807, 2.05) is 0 Å². The Labute approximate surface area is 91.0 Å². The lowest BCUT2D eigenvalue weighted by Gasteiger charge is -2.02. The summed E-state index contributed by atoms with van der Waals surface area (Å²) in [5.74, 6) is -2.55. The fourth-order valence-electron chi connectivity index (χ4n) is 1.07. The number of aromatic nitrogens is 1. The lowest BCUT2D eigenvalue weighted by atomic mass is 10.3. The predicted molar refractivity (Wildman–Crippen MR) is 50.1 cm³/mol. The smallest absolute Gasteiger partial charge is 0.383 e. The van der Waals surface area contributed by atoms with Gasteiger partial charge in [0, 0.05) is 6.07 Å². The number of Topliss-reactive ketones (excluding diaryl/α,β-unsaturated/α-hetero) is 1. The normalized spacial score (nSPS) is 10.9. The van der Waals surface area contributed by atoms with Gasteiger partial charge in [-0.15, -0.1) is 0 Å². The van der Waals surface area contributed by atoms with Crippen molar-refractivity contribution in [3.05, 3.63) is 30.8 Å². The molecular formula is C10H9NO5. The third-order valence-electron chi connectivity index (χ3n) is 1.83. The number of aliphatic carboxylic acids is 1. The molecule has 6 nitrogen and oxygen atoms in total. The molecule has 0 atom stereocenters. The van der Waals surface area contributed by atoms with Crippen LogP contribution in [0.2, 0.25) is 0 Å². The quantitative estimate of drug-likeness (QED) is 0.299. The topological polar surface area (TPSA) is 90.5 Å². The minimum absolute atomic E-state index is 0.190. The van der Waals surface area contributed by atoms with Crippen LogP contribution in [0, 0.1) is 0 Å². The predicted octanol–water partition coefficient (Wildman–Crippen LogP) is -1.20. The van der Waals surface area contributed by atoms with Crippen LogP contribution >= 0.6 is 0 Å². The van der Waals surface area contributed by atoms with E-state index in [9.17, 15) is 14.7 Å². The number of nitrogens with zero attached hydrogens (tertiary/aromatic N) is 1. The molecule has 0 radical (unpaired) electrons. The highest BCUT2D eigenvalue weighted by molar-refractivity contribution is 6.47. The Bertz CT molecular complexity index is 452. The van der Waals surface area contributed by atoms with Crippen LogP contribution in [0.15, 0.2) is 30.8 Å². The third-order valence-corrected chi connectivity index (χ3v) is 1.83. The van der Waals surface area contributed by atoms with Crippen LogP contribution in [-0.2, 0) is 9.59 Å². The summed E-state index contributed by atoms with van der Waals surface area (Å²) in [4.78, 5) is 21.6. The van der Waals surface area contributed by atoms with Crippen molar-refractivity contribution in [1.82, 2.24) is 0 Å². The highest BCUT2D eigenvalue weighted by atomic mass is 16.5. The van der Waals surface area contributed by atoms with Gasteiger partial charge < -0.3 is 14.9 Å². The van der Waals surface area contributed by atoms with Crippen LogP contribution in [0.25, 0.3) is 5.70 Å². The number of rotatable bonds is 4. The summed E-state index contributed by atoms with van der Waals surface area (Å²) in [6, 6.07) is 3.13. The van der Waals surface area contributed by atoms with E-state index >= 15 is 0 Å². The Morgan fingerprint density at radius 3 is 2.75 bits per heavy atom. The minimum atomic E-state index is -1.68. The molecule has 6 heteroatoms. The van der Waals surface area contributed by atoms with Crippen molar-refractivity contribution in [2.75, 3.05) is 7.11 Å². The molecule has 0 amide bonds. The molecule has 0 aliphatic heterocycles. The number of hydrogen-bond acceptors (Lipinski definition) is 4. The van der Waals surface area contributed by atoms with Gasteiger partial charge in [0.1, 0.15) is 0 Å². The zero-order valence-corrected chi connectivity index (χ0v) is 8.41. The van der Waals surface area contributed by atoms with Crippen LogP contribution < -0.4 is 14.4 Å². The molecule has 0 saturated heterocycles. The van der Waals surface area contributed by atoms with E-state index in [0.29, 0.717) is 5.75 Å². The van der Waals surface area contributed by atoms with Crippen LogP contribution in [0.5, 0.6) is 5.75 Å². The Balaban J connectivity index is 3.15. The fourth-order valence-corrected chi connectivity index (χ4v) is 1.07. The van der Waals surface area contributed by atoms with Crippen molar-refractivity contribution in [3.63, 3.8) is 0 Å². The molecule has 0 aliphatic carbocycles. The molecule has 1 heterocycles. The van der Waals surface area contributed by atoms with Crippen molar-refractivity contribution in [3.8, 4) is 5.75 Å². The van der Waals surface area contributed by atoms with Gasteiger partial charge in [-0.3, -0.25) is 4.79 Å². The average molecular weight is 223 g/mol.